The van der Waals surface area contributed by atoms with E-state index in [1.165, 1.54) is 12.8 Å². The number of nitrogens with zero attached hydrogens (tertiary/aromatic N) is 4. The SMILES string of the molecule is CC(C)(C)[S@](=O)Cc1cccc(NC(=O)N2CCC[C@H](c3nncn3C3CC3)C2)c1. The number of benzene rings is 1. The van der Waals surface area contributed by atoms with Gasteiger partial charge in [0.15, 0.2) is 0 Å². The minimum atomic E-state index is -0.975. The van der Waals surface area contributed by atoms with Crippen molar-refractivity contribution in [1.82, 2.24) is 19.7 Å². The van der Waals surface area contributed by atoms with E-state index < -0.39 is 10.8 Å². The molecule has 2 amide bonds. The Bertz CT molecular complexity index is 932. The number of carbonyl (C=O) groups excluding carboxylic acids is 1. The highest BCUT2D eigenvalue weighted by atomic mass is 32.2. The molecular formula is C22H31N5O2S. The molecule has 0 spiro atoms. The molecule has 7 nitrogen and oxygen atoms in total. The third-order valence-corrected chi connectivity index (χ3v) is 7.74. The van der Waals surface area contributed by atoms with Gasteiger partial charge in [0.05, 0.1) is 0 Å². The van der Waals surface area contributed by atoms with Crippen molar-refractivity contribution in [2.45, 2.75) is 68.9 Å². The number of hydrogen-bond acceptors (Lipinski definition) is 4. The fraction of sp³-hybridized carbons (Fsp3) is 0.591. The first-order chi connectivity index (χ1) is 14.3. The van der Waals surface area contributed by atoms with Crippen LogP contribution in [0.25, 0.3) is 0 Å². The Hall–Kier alpha value is -2.22. The summed E-state index contributed by atoms with van der Waals surface area (Å²) in [6.07, 6.45) is 6.21. The molecule has 1 aromatic heterocycles. The van der Waals surface area contributed by atoms with Crippen LogP contribution in [0.3, 0.4) is 0 Å². The first kappa shape index (κ1) is 21.0. The van der Waals surface area contributed by atoms with Crippen LogP contribution in [0.5, 0.6) is 0 Å². The topological polar surface area (TPSA) is 80.1 Å². The van der Waals surface area contributed by atoms with E-state index in [2.05, 4.69) is 20.1 Å². The van der Waals surface area contributed by atoms with E-state index in [1.807, 2.05) is 56.3 Å². The van der Waals surface area contributed by atoms with Crippen LogP contribution < -0.4 is 5.32 Å². The maximum Gasteiger partial charge on any atom is 0.321 e. The standard InChI is InChI=1S/C22H31N5O2S/c1-22(2,3)30(29)14-16-6-4-8-18(12-16)24-21(28)26-11-5-7-17(13-26)20-25-23-15-27(20)19-9-10-19/h4,6,8,12,15,17,19H,5,7,9-11,13-14H2,1-3H3,(H,24,28)/t17-,30+/m0/s1. The molecule has 1 aliphatic carbocycles. The number of hydrogen-bond donors (Lipinski definition) is 1. The second-order valence-electron chi connectivity index (χ2n) is 9.35. The summed E-state index contributed by atoms with van der Waals surface area (Å²) in [7, 11) is -0.975. The van der Waals surface area contributed by atoms with Crippen LogP contribution in [-0.2, 0) is 16.6 Å². The Kier molecular flexibility index (Phi) is 5.95. The van der Waals surface area contributed by atoms with Gasteiger partial charge in [0.2, 0.25) is 0 Å². The van der Waals surface area contributed by atoms with Crippen LogP contribution in [0.1, 0.15) is 69.8 Å². The number of nitrogens with one attached hydrogen (secondary N) is 1. The number of rotatable bonds is 5. The zero-order chi connectivity index (χ0) is 21.3. The van der Waals surface area contributed by atoms with Gasteiger partial charge in [-0.25, -0.2) is 4.79 Å². The molecule has 2 fully saturated rings. The summed E-state index contributed by atoms with van der Waals surface area (Å²) in [6, 6.07) is 8.12. The lowest BCUT2D eigenvalue weighted by Crippen LogP contribution is -2.42. The summed E-state index contributed by atoms with van der Waals surface area (Å²) in [5, 5.41) is 11.5. The van der Waals surface area contributed by atoms with Crippen molar-refractivity contribution >= 4 is 22.5 Å². The van der Waals surface area contributed by atoms with Crippen molar-refractivity contribution in [2.24, 2.45) is 0 Å². The molecule has 162 valence electrons. The van der Waals surface area contributed by atoms with E-state index in [0.29, 0.717) is 18.3 Å². The van der Waals surface area contributed by atoms with Crippen molar-refractivity contribution in [2.75, 3.05) is 18.4 Å². The lowest BCUT2D eigenvalue weighted by atomic mass is 9.97. The van der Waals surface area contributed by atoms with Crippen LogP contribution in [-0.4, -0.2) is 47.7 Å². The predicted octanol–water partition coefficient (Wildman–Crippen LogP) is 4.07. The fourth-order valence-corrected chi connectivity index (χ4v) is 4.77. The summed E-state index contributed by atoms with van der Waals surface area (Å²) >= 11 is 0. The normalized spacial score (nSPS) is 20.8. The molecule has 4 rings (SSSR count). The first-order valence-electron chi connectivity index (χ1n) is 10.7. The lowest BCUT2D eigenvalue weighted by Gasteiger charge is -2.32. The molecule has 1 saturated heterocycles. The predicted molar refractivity (Wildman–Crippen MR) is 119 cm³/mol. The molecular weight excluding hydrogens is 398 g/mol. The van der Waals surface area contributed by atoms with Gasteiger partial charge in [-0.1, -0.05) is 12.1 Å². The van der Waals surface area contributed by atoms with Gasteiger partial charge < -0.3 is 14.8 Å². The number of anilines is 1. The van der Waals surface area contributed by atoms with Crippen molar-refractivity contribution in [3.05, 3.63) is 42.0 Å². The molecule has 1 N–H and O–H groups in total. The zero-order valence-corrected chi connectivity index (χ0v) is 18.8. The molecule has 0 bridgehead atoms. The van der Waals surface area contributed by atoms with Gasteiger partial charge in [0.25, 0.3) is 0 Å². The Morgan fingerprint density at radius 3 is 2.80 bits per heavy atom. The van der Waals surface area contributed by atoms with Gasteiger partial charge in [0, 0.05) is 52.0 Å². The molecule has 2 atom stereocenters. The second kappa shape index (κ2) is 8.49. The van der Waals surface area contributed by atoms with Crippen LogP contribution in [0.4, 0.5) is 10.5 Å². The molecule has 2 heterocycles. The van der Waals surface area contributed by atoms with E-state index in [0.717, 1.165) is 36.5 Å². The van der Waals surface area contributed by atoms with Gasteiger partial charge >= 0.3 is 6.03 Å². The van der Waals surface area contributed by atoms with Crippen LogP contribution in [0.2, 0.25) is 0 Å². The highest BCUT2D eigenvalue weighted by Crippen LogP contribution is 2.38. The quantitative estimate of drug-likeness (QED) is 0.777. The minimum Gasteiger partial charge on any atom is -0.324 e. The number of urea groups is 1. The summed E-state index contributed by atoms with van der Waals surface area (Å²) < 4.78 is 14.4. The molecule has 30 heavy (non-hydrogen) atoms. The molecule has 1 aromatic carbocycles. The molecule has 0 radical (unpaired) electrons. The summed E-state index contributed by atoms with van der Waals surface area (Å²) in [6.45, 7) is 7.33. The van der Waals surface area contributed by atoms with E-state index in [4.69, 9.17) is 0 Å². The highest BCUT2D eigenvalue weighted by molar-refractivity contribution is 7.85. The van der Waals surface area contributed by atoms with Crippen molar-refractivity contribution in [3.8, 4) is 0 Å². The Morgan fingerprint density at radius 1 is 1.27 bits per heavy atom. The van der Waals surface area contributed by atoms with Gasteiger partial charge in [-0.15, -0.1) is 10.2 Å². The minimum absolute atomic E-state index is 0.0914. The monoisotopic (exact) mass is 429 g/mol. The largest absolute Gasteiger partial charge is 0.324 e. The van der Waals surface area contributed by atoms with Crippen LogP contribution in [0, 0.1) is 0 Å². The summed E-state index contributed by atoms with van der Waals surface area (Å²) in [5.74, 6) is 1.73. The number of aromatic nitrogens is 3. The second-order valence-corrected chi connectivity index (χ2v) is 11.5. The van der Waals surface area contributed by atoms with Crippen molar-refractivity contribution < 1.29 is 9.00 Å². The number of likely N-dealkylation sites (tertiary alicyclic amines) is 1. The van der Waals surface area contributed by atoms with Gasteiger partial charge in [-0.3, -0.25) is 4.21 Å². The van der Waals surface area contributed by atoms with E-state index in [1.54, 1.807) is 0 Å². The Balaban J connectivity index is 1.39. The third kappa shape index (κ3) is 4.91. The lowest BCUT2D eigenvalue weighted by molar-refractivity contribution is 0.190. The molecule has 1 saturated carbocycles. The first-order valence-corrected chi connectivity index (χ1v) is 12.1. The third-order valence-electron chi connectivity index (χ3n) is 5.77. The van der Waals surface area contributed by atoms with Gasteiger partial charge in [0.1, 0.15) is 12.2 Å². The average Bonchev–Trinajstić information content (AvgIpc) is 3.44. The van der Waals surface area contributed by atoms with Crippen molar-refractivity contribution in [1.29, 1.82) is 0 Å². The summed E-state index contributed by atoms with van der Waals surface area (Å²) in [4.78, 5) is 14.8. The average molecular weight is 430 g/mol. The molecule has 8 heteroatoms. The van der Waals surface area contributed by atoms with Crippen LogP contribution in [0.15, 0.2) is 30.6 Å². The molecule has 1 aliphatic heterocycles. The number of carbonyl (C=O) groups is 1. The zero-order valence-electron chi connectivity index (χ0n) is 18.0. The number of piperidine rings is 1. The Labute approximate surface area is 180 Å². The molecule has 0 unspecified atom stereocenters. The molecule has 2 aromatic rings. The Morgan fingerprint density at radius 2 is 2.07 bits per heavy atom. The van der Waals surface area contributed by atoms with E-state index >= 15 is 0 Å². The van der Waals surface area contributed by atoms with Crippen molar-refractivity contribution in [3.63, 3.8) is 0 Å². The molecule has 2 aliphatic rings. The smallest absolute Gasteiger partial charge is 0.321 e. The maximum atomic E-state index is 12.9. The van der Waals surface area contributed by atoms with Gasteiger partial charge in [-0.2, -0.15) is 0 Å². The van der Waals surface area contributed by atoms with E-state index in [-0.39, 0.29) is 16.7 Å². The van der Waals surface area contributed by atoms with Crippen LogP contribution >= 0.6 is 0 Å². The van der Waals surface area contributed by atoms with Gasteiger partial charge in [-0.05, 0) is 64.2 Å². The van der Waals surface area contributed by atoms with E-state index in [9.17, 15) is 9.00 Å². The highest BCUT2D eigenvalue weighted by Gasteiger charge is 2.32. The summed E-state index contributed by atoms with van der Waals surface area (Å²) in [5.41, 5.74) is 1.71. The maximum absolute atomic E-state index is 12.9. The fourth-order valence-electron chi connectivity index (χ4n) is 3.86. The number of amides is 2.